The highest BCUT2D eigenvalue weighted by Gasteiger charge is 2.18. The SMILES string of the molecule is COCc1cc(-c2ncc3[nH]c4ccc(CCc5ccccc5)cc4c3c2COC)no1. The number of rotatable bonds is 8. The molecule has 0 aliphatic rings. The summed E-state index contributed by atoms with van der Waals surface area (Å²) in [5, 5.41) is 6.50. The first-order valence-electron chi connectivity index (χ1n) is 10.7. The summed E-state index contributed by atoms with van der Waals surface area (Å²) in [6.45, 7) is 0.792. The summed E-state index contributed by atoms with van der Waals surface area (Å²) in [6.07, 6.45) is 3.85. The van der Waals surface area contributed by atoms with Crippen LogP contribution in [0.15, 0.2) is 65.3 Å². The van der Waals surface area contributed by atoms with Crippen LogP contribution in [0, 0.1) is 0 Å². The van der Waals surface area contributed by atoms with Crippen molar-refractivity contribution in [3.8, 4) is 11.4 Å². The molecule has 1 N–H and O–H groups in total. The Morgan fingerprint density at radius 2 is 1.69 bits per heavy atom. The van der Waals surface area contributed by atoms with Gasteiger partial charge in [-0.3, -0.25) is 4.98 Å². The minimum atomic E-state index is 0.368. The van der Waals surface area contributed by atoms with Gasteiger partial charge in [0, 0.05) is 42.1 Å². The normalized spacial score (nSPS) is 11.6. The fraction of sp³-hybridized carbons (Fsp3) is 0.231. The van der Waals surface area contributed by atoms with Gasteiger partial charge in [0.1, 0.15) is 12.3 Å². The molecule has 0 saturated heterocycles. The molecule has 0 amide bonds. The van der Waals surface area contributed by atoms with Crippen LogP contribution in [0.2, 0.25) is 0 Å². The third-order valence-electron chi connectivity index (χ3n) is 5.72. The lowest BCUT2D eigenvalue weighted by atomic mass is 10.00. The smallest absolute Gasteiger partial charge is 0.163 e. The van der Waals surface area contributed by atoms with Crippen molar-refractivity contribution >= 4 is 21.8 Å². The first-order chi connectivity index (χ1) is 15.8. The van der Waals surface area contributed by atoms with E-state index in [1.54, 1.807) is 14.2 Å². The zero-order valence-electron chi connectivity index (χ0n) is 18.2. The summed E-state index contributed by atoms with van der Waals surface area (Å²) in [7, 11) is 3.33. The van der Waals surface area contributed by atoms with Crippen molar-refractivity contribution in [2.45, 2.75) is 26.1 Å². The van der Waals surface area contributed by atoms with E-state index < -0.39 is 0 Å². The van der Waals surface area contributed by atoms with Crippen molar-refractivity contribution in [1.29, 1.82) is 0 Å². The van der Waals surface area contributed by atoms with Crippen LogP contribution < -0.4 is 0 Å². The molecule has 0 radical (unpaired) electrons. The van der Waals surface area contributed by atoms with E-state index in [1.807, 2.05) is 12.3 Å². The molecule has 6 nitrogen and oxygen atoms in total. The number of fused-ring (bicyclic) bond motifs is 3. The maximum absolute atomic E-state index is 5.57. The second kappa shape index (κ2) is 8.94. The lowest BCUT2D eigenvalue weighted by molar-refractivity contribution is 0.156. The molecule has 3 aromatic heterocycles. The molecule has 6 heteroatoms. The van der Waals surface area contributed by atoms with E-state index in [0.717, 1.165) is 40.5 Å². The van der Waals surface area contributed by atoms with E-state index in [9.17, 15) is 0 Å². The van der Waals surface area contributed by atoms with E-state index in [1.165, 1.54) is 16.5 Å². The monoisotopic (exact) mass is 427 g/mol. The van der Waals surface area contributed by atoms with E-state index in [4.69, 9.17) is 14.0 Å². The maximum Gasteiger partial charge on any atom is 0.163 e. The van der Waals surface area contributed by atoms with Gasteiger partial charge in [-0.1, -0.05) is 41.6 Å². The molecule has 5 aromatic rings. The molecule has 0 unspecified atom stereocenters. The molecule has 2 aromatic carbocycles. The maximum atomic E-state index is 5.57. The van der Waals surface area contributed by atoms with Crippen LogP contribution in [0.4, 0.5) is 0 Å². The molecule has 3 heterocycles. The van der Waals surface area contributed by atoms with Crippen molar-refractivity contribution < 1.29 is 14.0 Å². The number of nitrogens with zero attached hydrogens (tertiary/aromatic N) is 2. The Bertz CT molecular complexity index is 1360. The fourth-order valence-electron chi connectivity index (χ4n) is 4.24. The number of aromatic nitrogens is 3. The average molecular weight is 428 g/mol. The first-order valence-corrected chi connectivity index (χ1v) is 10.7. The zero-order valence-corrected chi connectivity index (χ0v) is 18.2. The summed E-state index contributed by atoms with van der Waals surface area (Å²) >= 11 is 0. The summed E-state index contributed by atoms with van der Waals surface area (Å²) in [5.74, 6) is 0.662. The number of pyridine rings is 1. The summed E-state index contributed by atoms with van der Waals surface area (Å²) in [6, 6.07) is 19.1. The largest absolute Gasteiger partial charge is 0.380 e. The Morgan fingerprint density at radius 3 is 2.50 bits per heavy atom. The molecule has 32 heavy (non-hydrogen) atoms. The van der Waals surface area contributed by atoms with E-state index in [-0.39, 0.29) is 0 Å². The molecule has 0 atom stereocenters. The van der Waals surface area contributed by atoms with Crippen molar-refractivity contribution in [2.24, 2.45) is 0 Å². The molecule has 0 spiro atoms. The quantitative estimate of drug-likeness (QED) is 0.356. The fourth-order valence-corrected chi connectivity index (χ4v) is 4.24. The van der Waals surface area contributed by atoms with Gasteiger partial charge in [0.25, 0.3) is 0 Å². The number of nitrogens with one attached hydrogen (secondary N) is 1. The number of ether oxygens (including phenoxy) is 2. The second-order valence-corrected chi connectivity index (χ2v) is 7.91. The van der Waals surface area contributed by atoms with Crippen LogP contribution >= 0.6 is 0 Å². The minimum absolute atomic E-state index is 0.368. The van der Waals surface area contributed by atoms with Crippen LogP contribution in [0.3, 0.4) is 0 Å². The Morgan fingerprint density at radius 1 is 0.875 bits per heavy atom. The predicted molar refractivity (Wildman–Crippen MR) is 124 cm³/mol. The number of aryl methyl sites for hydroxylation is 2. The lowest BCUT2D eigenvalue weighted by Crippen LogP contribution is -1.97. The lowest BCUT2D eigenvalue weighted by Gasteiger charge is -2.08. The van der Waals surface area contributed by atoms with Crippen molar-refractivity contribution in [2.75, 3.05) is 14.2 Å². The van der Waals surface area contributed by atoms with Gasteiger partial charge in [0.05, 0.1) is 24.0 Å². The molecule has 162 valence electrons. The third-order valence-corrected chi connectivity index (χ3v) is 5.72. The third kappa shape index (κ3) is 3.90. The van der Waals surface area contributed by atoms with E-state index >= 15 is 0 Å². The predicted octanol–water partition coefficient (Wildman–Crippen LogP) is 5.45. The highest BCUT2D eigenvalue weighted by atomic mass is 16.5. The second-order valence-electron chi connectivity index (χ2n) is 7.91. The van der Waals surface area contributed by atoms with Crippen LogP contribution in [0.1, 0.15) is 22.5 Å². The van der Waals surface area contributed by atoms with Gasteiger partial charge in [-0.15, -0.1) is 0 Å². The Hall–Kier alpha value is -3.48. The van der Waals surface area contributed by atoms with Gasteiger partial charge in [-0.05, 0) is 36.1 Å². The van der Waals surface area contributed by atoms with Crippen LogP contribution in [-0.4, -0.2) is 29.3 Å². The summed E-state index contributed by atoms with van der Waals surface area (Å²) < 4.78 is 16.1. The van der Waals surface area contributed by atoms with Gasteiger partial charge in [0.15, 0.2) is 5.76 Å². The molecular weight excluding hydrogens is 402 g/mol. The highest BCUT2D eigenvalue weighted by molar-refractivity contribution is 6.10. The zero-order chi connectivity index (χ0) is 21.9. The molecule has 0 fully saturated rings. The van der Waals surface area contributed by atoms with Crippen LogP contribution in [0.5, 0.6) is 0 Å². The topological polar surface area (TPSA) is 73.2 Å². The minimum Gasteiger partial charge on any atom is -0.380 e. The highest BCUT2D eigenvalue weighted by Crippen LogP contribution is 2.34. The Kier molecular flexibility index (Phi) is 5.71. The molecule has 5 rings (SSSR count). The Balaban J connectivity index is 1.59. The van der Waals surface area contributed by atoms with Gasteiger partial charge in [-0.25, -0.2) is 0 Å². The van der Waals surface area contributed by atoms with E-state index in [0.29, 0.717) is 24.7 Å². The molecule has 0 aliphatic heterocycles. The molecular formula is C26H25N3O3. The van der Waals surface area contributed by atoms with Crippen molar-refractivity contribution in [3.05, 3.63) is 83.2 Å². The van der Waals surface area contributed by atoms with Gasteiger partial charge < -0.3 is 19.0 Å². The van der Waals surface area contributed by atoms with Gasteiger partial charge >= 0.3 is 0 Å². The molecule has 0 bridgehead atoms. The van der Waals surface area contributed by atoms with Gasteiger partial charge in [-0.2, -0.15) is 0 Å². The van der Waals surface area contributed by atoms with Crippen LogP contribution in [0.25, 0.3) is 33.2 Å². The van der Waals surface area contributed by atoms with Crippen molar-refractivity contribution in [3.63, 3.8) is 0 Å². The van der Waals surface area contributed by atoms with Gasteiger partial charge in [0.2, 0.25) is 0 Å². The number of aromatic amines is 1. The summed E-state index contributed by atoms with van der Waals surface area (Å²) in [5.41, 5.74) is 7.15. The first kappa shape index (κ1) is 20.4. The summed E-state index contributed by atoms with van der Waals surface area (Å²) in [4.78, 5) is 8.19. The number of benzene rings is 2. The average Bonchev–Trinajstić information content (AvgIpc) is 3.43. The standard InChI is InChI=1S/C26H25N3O3/c1-30-15-19-13-23(29-32-19)26-21(16-31-2)25-20-12-18(9-8-17-6-4-3-5-7-17)10-11-22(20)28-24(25)14-27-26/h3-7,10-14,28H,8-9,15-16H2,1-2H3. The number of hydrogen-bond acceptors (Lipinski definition) is 5. The molecule has 0 saturated carbocycles. The number of hydrogen-bond donors (Lipinski definition) is 1. The Labute approximate surface area is 186 Å². The number of methoxy groups -OCH3 is 2. The van der Waals surface area contributed by atoms with Crippen molar-refractivity contribution in [1.82, 2.24) is 15.1 Å². The molecule has 0 aliphatic carbocycles. The van der Waals surface area contributed by atoms with E-state index in [2.05, 4.69) is 63.7 Å². The van der Waals surface area contributed by atoms with Crippen LogP contribution in [-0.2, 0) is 35.5 Å². The number of H-pyrrole nitrogens is 1.